The minimum Gasteiger partial charge on any atom is -0.330 e. The highest BCUT2D eigenvalue weighted by Gasteiger charge is 2.21. The van der Waals surface area contributed by atoms with E-state index in [1.54, 1.807) is 0 Å². The molecule has 2 fully saturated rings. The maximum Gasteiger partial charge on any atom is 0.227 e. The quantitative estimate of drug-likeness (QED) is 0.900. The summed E-state index contributed by atoms with van der Waals surface area (Å²) in [4.78, 5) is 22.2. The van der Waals surface area contributed by atoms with Gasteiger partial charge in [-0.3, -0.25) is 9.69 Å². The number of fused-ring (bicyclic) bond motifs is 1. The van der Waals surface area contributed by atoms with Gasteiger partial charge in [0.05, 0.1) is 17.6 Å². The molecule has 1 saturated heterocycles. The van der Waals surface area contributed by atoms with Crippen LogP contribution >= 0.6 is 0 Å². The molecule has 6 heteroatoms. The molecule has 2 aliphatic rings. The van der Waals surface area contributed by atoms with Gasteiger partial charge in [-0.05, 0) is 38.1 Å². The van der Waals surface area contributed by atoms with Gasteiger partial charge in [-0.25, -0.2) is 4.98 Å². The Labute approximate surface area is 161 Å². The highest BCUT2D eigenvalue weighted by molar-refractivity contribution is 5.94. The number of hydrogen-bond donors (Lipinski definition) is 1. The molecule has 2 aromatic rings. The van der Waals surface area contributed by atoms with Gasteiger partial charge in [0.25, 0.3) is 0 Å². The first-order valence-electron chi connectivity index (χ1n) is 10.3. The molecule has 0 spiro atoms. The molecule has 0 atom stereocenters. The lowest BCUT2D eigenvalue weighted by molar-refractivity contribution is -0.120. The lowest BCUT2D eigenvalue weighted by Crippen LogP contribution is -2.44. The van der Waals surface area contributed by atoms with E-state index < -0.39 is 0 Å². The number of rotatable bonds is 4. The van der Waals surface area contributed by atoms with Crippen LogP contribution in [-0.2, 0) is 18.4 Å². The number of likely N-dealkylation sites (N-methyl/N-ethyl adjacent to an activating group) is 1. The highest BCUT2D eigenvalue weighted by atomic mass is 16.1. The van der Waals surface area contributed by atoms with E-state index in [1.807, 2.05) is 12.1 Å². The first-order valence-corrected chi connectivity index (χ1v) is 10.3. The topological polar surface area (TPSA) is 53.4 Å². The number of nitrogens with zero attached hydrogens (tertiary/aromatic N) is 4. The van der Waals surface area contributed by atoms with Crippen molar-refractivity contribution in [1.82, 2.24) is 19.4 Å². The van der Waals surface area contributed by atoms with Crippen molar-refractivity contribution in [2.24, 2.45) is 13.0 Å². The van der Waals surface area contributed by atoms with Crippen LogP contribution in [0.3, 0.4) is 0 Å². The lowest BCUT2D eigenvalue weighted by Gasteiger charge is -2.31. The zero-order chi connectivity index (χ0) is 18.8. The fraction of sp³-hybridized carbons (Fsp3) is 0.619. The highest BCUT2D eigenvalue weighted by Crippen LogP contribution is 2.26. The third-order valence-corrected chi connectivity index (χ3v) is 6.18. The Morgan fingerprint density at radius 1 is 1.11 bits per heavy atom. The lowest BCUT2D eigenvalue weighted by atomic mass is 9.88. The summed E-state index contributed by atoms with van der Waals surface area (Å²) in [6.07, 6.45) is 5.65. The summed E-state index contributed by atoms with van der Waals surface area (Å²) in [6, 6.07) is 6.10. The van der Waals surface area contributed by atoms with E-state index in [9.17, 15) is 4.79 Å². The Kier molecular flexibility index (Phi) is 5.45. The molecule has 1 aromatic carbocycles. The summed E-state index contributed by atoms with van der Waals surface area (Å²) in [5.74, 6) is 1.43. The summed E-state index contributed by atoms with van der Waals surface area (Å²) in [5.41, 5.74) is 2.94. The molecular weight excluding hydrogens is 338 g/mol. The zero-order valence-electron chi connectivity index (χ0n) is 16.6. The Morgan fingerprint density at radius 2 is 1.85 bits per heavy atom. The largest absolute Gasteiger partial charge is 0.330 e. The van der Waals surface area contributed by atoms with Crippen LogP contribution in [0.5, 0.6) is 0 Å². The van der Waals surface area contributed by atoms with Crippen molar-refractivity contribution in [2.75, 3.05) is 38.5 Å². The zero-order valence-corrected chi connectivity index (χ0v) is 16.6. The van der Waals surface area contributed by atoms with Crippen molar-refractivity contribution < 1.29 is 4.79 Å². The van der Waals surface area contributed by atoms with Crippen molar-refractivity contribution in [1.29, 1.82) is 0 Å². The first-order chi connectivity index (χ1) is 13.1. The van der Waals surface area contributed by atoms with Crippen LogP contribution in [0.15, 0.2) is 18.2 Å². The van der Waals surface area contributed by atoms with Gasteiger partial charge in [0.1, 0.15) is 5.82 Å². The fourth-order valence-corrected chi connectivity index (χ4v) is 4.28. The standard InChI is InChI=1S/C21H31N5O/c1-24-10-12-26(13-11-24)15-20-23-18-14-17(8-9-19(18)25(20)2)22-21(27)16-6-4-3-5-7-16/h8-9,14,16H,3-7,10-13,15H2,1-2H3,(H,22,27). The second kappa shape index (κ2) is 7.98. The molecule has 146 valence electrons. The Morgan fingerprint density at radius 3 is 2.59 bits per heavy atom. The van der Waals surface area contributed by atoms with Gasteiger partial charge in [-0.15, -0.1) is 0 Å². The number of aryl methyl sites for hydroxylation is 1. The van der Waals surface area contributed by atoms with E-state index in [4.69, 9.17) is 4.98 Å². The average molecular weight is 370 g/mol. The summed E-state index contributed by atoms with van der Waals surface area (Å²) < 4.78 is 2.18. The summed E-state index contributed by atoms with van der Waals surface area (Å²) >= 11 is 0. The van der Waals surface area contributed by atoms with Gasteiger partial charge in [0.2, 0.25) is 5.91 Å². The number of benzene rings is 1. The van der Waals surface area contributed by atoms with Crippen molar-refractivity contribution in [3.8, 4) is 0 Å². The molecule has 1 amide bonds. The summed E-state index contributed by atoms with van der Waals surface area (Å²) in [5, 5.41) is 3.11. The molecule has 1 saturated carbocycles. The van der Waals surface area contributed by atoms with Gasteiger partial charge in [-0.1, -0.05) is 19.3 Å². The van der Waals surface area contributed by atoms with Crippen molar-refractivity contribution >= 4 is 22.6 Å². The van der Waals surface area contributed by atoms with Crippen molar-refractivity contribution in [3.05, 3.63) is 24.0 Å². The van der Waals surface area contributed by atoms with E-state index in [1.165, 1.54) is 19.3 Å². The van der Waals surface area contributed by atoms with Crippen molar-refractivity contribution in [3.63, 3.8) is 0 Å². The van der Waals surface area contributed by atoms with E-state index >= 15 is 0 Å². The number of piperazine rings is 1. The number of amides is 1. The monoisotopic (exact) mass is 369 g/mol. The number of carbonyl (C=O) groups excluding carboxylic acids is 1. The maximum atomic E-state index is 12.5. The molecule has 1 aliphatic carbocycles. The van der Waals surface area contributed by atoms with Crippen LogP contribution in [0, 0.1) is 5.92 Å². The molecule has 0 unspecified atom stereocenters. The van der Waals surface area contributed by atoms with Gasteiger partial charge >= 0.3 is 0 Å². The predicted octanol–water partition coefficient (Wildman–Crippen LogP) is 2.84. The second-order valence-corrected chi connectivity index (χ2v) is 8.19. The second-order valence-electron chi connectivity index (χ2n) is 8.19. The normalized spacial score (nSPS) is 20.2. The molecule has 1 aromatic heterocycles. The minimum atomic E-state index is 0.169. The van der Waals surface area contributed by atoms with E-state index in [-0.39, 0.29) is 11.8 Å². The van der Waals surface area contributed by atoms with Crippen molar-refractivity contribution in [2.45, 2.75) is 38.6 Å². The number of hydrogen-bond acceptors (Lipinski definition) is 4. The van der Waals surface area contributed by atoms with Crippen LogP contribution in [0.2, 0.25) is 0 Å². The van der Waals surface area contributed by atoms with Crippen LogP contribution in [0.1, 0.15) is 37.9 Å². The van der Waals surface area contributed by atoms with E-state index in [2.05, 4.69) is 39.8 Å². The number of carbonyl (C=O) groups is 1. The minimum absolute atomic E-state index is 0.169. The molecule has 1 aliphatic heterocycles. The van der Waals surface area contributed by atoms with E-state index in [0.29, 0.717) is 0 Å². The van der Waals surface area contributed by atoms with Gasteiger partial charge in [-0.2, -0.15) is 0 Å². The number of anilines is 1. The van der Waals surface area contributed by atoms with Crippen LogP contribution in [-0.4, -0.2) is 58.5 Å². The third kappa shape index (κ3) is 4.17. The average Bonchev–Trinajstić information content (AvgIpc) is 2.99. The molecule has 27 heavy (non-hydrogen) atoms. The number of nitrogens with one attached hydrogen (secondary N) is 1. The first kappa shape index (κ1) is 18.4. The molecule has 0 radical (unpaired) electrons. The van der Waals surface area contributed by atoms with Crippen LogP contribution in [0.4, 0.5) is 5.69 Å². The Bertz CT molecular complexity index is 800. The molecule has 0 bridgehead atoms. The van der Waals surface area contributed by atoms with Crippen LogP contribution in [0.25, 0.3) is 11.0 Å². The van der Waals surface area contributed by atoms with Gasteiger partial charge in [0.15, 0.2) is 0 Å². The van der Waals surface area contributed by atoms with E-state index in [0.717, 1.165) is 68.1 Å². The molecule has 6 nitrogen and oxygen atoms in total. The van der Waals surface area contributed by atoms with Crippen LogP contribution < -0.4 is 5.32 Å². The smallest absolute Gasteiger partial charge is 0.227 e. The Balaban J connectivity index is 1.46. The molecule has 4 rings (SSSR count). The maximum absolute atomic E-state index is 12.5. The fourth-order valence-electron chi connectivity index (χ4n) is 4.28. The van der Waals surface area contributed by atoms with Gasteiger partial charge in [0, 0.05) is 44.8 Å². The number of aromatic nitrogens is 2. The third-order valence-electron chi connectivity index (χ3n) is 6.18. The number of imidazole rings is 1. The summed E-state index contributed by atoms with van der Waals surface area (Å²) in [6.45, 7) is 5.27. The summed E-state index contributed by atoms with van der Waals surface area (Å²) in [7, 11) is 4.26. The molecular formula is C21H31N5O. The molecule has 1 N–H and O–H groups in total. The predicted molar refractivity (Wildman–Crippen MR) is 109 cm³/mol. The molecule has 2 heterocycles. The SMILES string of the molecule is CN1CCN(Cc2nc3cc(NC(=O)C4CCCCC4)ccc3n2C)CC1. The Hall–Kier alpha value is -1.92. The van der Waals surface area contributed by atoms with Gasteiger partial charge < -0.3 is 14.8 Å².